The van der Waals surface area contributed by atoms with Crippen LogP contribution >= 0.6 is 0 Å². The second-order valence-corrected chi connectivity index (χ2v) is 8.87. The number of aromatic amines is 1. The Bertz CT molecular complexity index is 1070. The van der Waals surface area contributed by atoms with Crippen molar-refractivity contribution in [3.8, 4) is 0 Å². The molecule has 0 saturated heterocycles. The molecule has 0 saturated carbocycles. The molecule has 3 aromatic rings. The Kier molecular flexibility index (Phi) is 5.89. The zero-order chi connectivity index (χ0) is 22.2. The van der Waals surface area contributed by atoms with E-state index in [4.69, 9.17) is 0 Å². The highest BCUT2D eigenvalue weighted by atomic mass is 19.1. The van der Waals surface area contributed by atoms with E-state index in [1.54, 1.807) is 13.0 Å². The van der Waals surface area contributed by atoms with Crippen molar-refractivity contribution in [2.24, 2.45) is 0 Å². The Hall–Kier alpha value is -2.66. The first-order chi connectivity index (χ1) is 14.9. The van der Waals surface area contributed by atoms with Gasteiger partial charge in [-0.1, -0.05) is 37.3 Å². The number of halogens is 1. The zero-order valence-electron chi connectivity index (χ0n) is 18.9. The molecule has 0 spiro atoms. The number of carbonyl (C=O) groups excluding carboxylic acids is 1. The SMILES string of the molecule is CCC(CCC1c2[nH]c3cc(F)ccc3c2CCN1C(C)=O)(c1ccccc1)N(C)C. The summed E-state index contributed by atoms with van der Waals surface area (Å²) in [7, 11) is 4.27. The van der Waals surface area contributed by atoms with Gasteiger partial charge >= 0.3 is 0 Å². The maximum absolute atomic E-state index is 13.8. The molecule has 0 bridgehead atoms. The van der Waals surface area contributed by atoms with E-state index < -0.39 is 0 Å². The molecule has 0 fully saturated rings. The van der Waals surface area contributed by atoms with Gasteiger partial charge in [0.25, 0.3) is 0 Å². The number of carbonyl (C=O) groups is 1. The van der Waals surface area contributed by atoms with Crippen molar-refractivity contribution in [2.75, 3.05) is 20.6 Å². The summed E-state index contributed by atoms with van der Waals surface area (Å²) in [5, 5.41) is 1.07. The van der Waals surface area contributed by atoms with E-state index >= 15 is 0 Å². The molecule has 4 nitrogen and oxygen atoms in total. The summed E-state index contributed by atoms with van der Waals surface area (Å²) in [5.41, 5.74) is 4.30. The van der Waals surface area contributed by atoms with Crippen LogP contribution < -0.4 is 0 Å². The fraction of sp³-hybridized carbons (Fsp3) is 0.423. The van der Waals surface area contributed by atoms with Gasteiger partial charge in [-0.3, -0.25) is 9.69 Å². The third kappa shape index (κ3) is 3.76. The van der Waals surface area contributed by atoms with Gasteiger partial charge in [0.1, 0.15) is 5.82 Å². The maximum Gasteiger partial charge on any atom is 0.220 e. The molecule has 2 unspecified atom stereocenters. The first-order valence-electron chi connectivity index (χ1n) is 11.2. The van der Waals surface area contributed by atoms with Gasteiger partial charge in [0.05, 0.1) is 6.04 Å². The summed E-state index contributed by atoms with van der Waals surface area (Å²) in [4.78, 5) is 20.3. The van der Waals surface area contributed by atoms with Crippen molar-refractivity contribution in [3.63, 3.8) is 0 Å². The minimum Gasteiger partial charge on any atom is -0.356 e. The van der Waals surface area contributed by atoms with Crippen LogP contribution in [-0.2, 0) is 16.8 Å². The number of benzene rings is 2. The number of nitrogens with zero attached hydrogens (tertiary/aromatic N) is 2. The number of hydrogen-bond donors (Lipinski definition) is 1. The third-order valence-electron chi connectivity index (χ3n) is 7.20. The number of hydrogen-bond acceptors (Lipinski definition) is 2. The van der Waals surface area contributed by atoms with Crippen LogP contribution in [0.5, 0.6) is 0 Å². The summed E-state index contributed by atoms with van der Waals surface area (Å²) in [5.74, 6) is -0.153. The van der Waals surface area contributed by atoms with Crippen molar-refractivity contribution in [2.45, 2.75) is 51.1 Å². The molecule has 2 heterocycles. The first-order valence-corrected chi connectivity index (χ1v) is 11.2. The van der Waals surface area contributed by atoms with Gasteiger partial charge in [-0.15, -0.1) is 0 Å². The van der Waals surface area contributed by atoms with E-state index in [2.05, 4.69) is 55.2 Å². The molecule has 1 aliphatic rings. The highest BCUT2D eigenvalue weighted by molar-refractivity contribution is 5.86. The number of rotatable bonds is 6. The van der Waals surface area contributed by atoms with Gasteiger partial charge in [-0.25, -0.2) is 4.39 Å². The summed E-state index contributed by atoms with van der Waals surface area (Å²) < 4.78 is 13.8. The average Bonchev–Trinajstić information content (AvgIpc) is 3.12. The lowest BCUT2D eigenvalue weighted by Gasteiger charge is -2.43. The van der Waals surface area contributed by atoms with Crippen LogP contribution in [0.3, 0.4) is 0 Å². The Balaban J connectivity index is 1.73. The molecule has 1 aliphatic heterocycles. The van der Waals surface area contributed by atoms with E-state index in [0.29, 0.717) is 6.54 Å². The van der Waals surface area contributed by atoms with Crippen LogP contribution in [0.1, 0.15) is 56.0 Å². The Morgan fingerprint density at radius 2 is 1.97 bits per heavy atom. The van der Waals surface area contributed by atoms with Gasteiger partial charge < -0.3 is 9.88 Å². The molecule has 1 N–H and O–H groups in total. The van der Waals surface area contributed by atoms with Gasteiger partial charge in [0, 0.05) is 35.6 Å². The topological polar surface area (TPSA) is 39.3 Å². The fourth-order valence-corrected chi connectivity index (χ4v) is 5.47. The molecular formula is C26H32FN3O. The predicted molar refractivity (Wildman–Crippen MR) is 123 cm³/mol. The Morgan fingerprint density at radius 1 is 1.23 bits per heavy atom. The molecular weight excluding hydrogens is 389 g/mol. The van der Waals surface area contributed by atoms with Crippen LogP contribution in [-0.4, -0.2) is 41.3 Å². The minimum absolute atomic E-state index is 0.0358. The Morgan fingerprint density at radius 3 is 2.61 bits per heavy atom. The van der Waals surface area contributed by atoms with Crippen LogP contribution in [0.25, 0.3) is 10.9 Å². The highest BCUT2D eigenvalue weighted by Gasteiger charge is 2.37. The van der Waals surface area contributed by atoms with Crippen molar-refractivity contribution in [1.82, 2.24) is 14.8 Å². The lowest BCUT2D eigenvalue weighted by atomic mass is 9.79. The predicted octanol–water partition coefficient (Wildman–Crippen LogP) is 5.40. The van der Waals surface area contributed by atoms with Crippen LogP contribution in [0, 0.1) is 5.82 Å². The molecule has 5 heteroatoms. The van der Waals surface area contributed by atoms with E-state index in [-0.39, 0.29) is 23.3 Å². The van der Waals surface area contributed by atoms with Crippen molar-refractivity contribution in [1.29, 1.82) is 0 Å². The summed E-state index contributed by atoms with van der Waals surface area (Å²) >= 11 is 0. The number of fused-ring (bicyclic) bond motifs is 3. The number of aromatic nitrogens is 1. The van der Waals surface area contributed by atoms with Gasteiger partial charge in [-0.05, 0) is 69.1 Å². The summed E-state index contributed by atoms with van der Waals surface area (Å²) in [6.45, 7) is 4.58. The highest BCUT2D eigenvalue weighted by Crippen LogP contribution is 2.42. The van der Waals surface area contributed by atoms with E-state index in [1.165, 1.54) is 17.2 Å². The maximum atomic E-state index is 13.8. The average molecular weight is 422 g/mol. The monoisotopic (exact) mass is 421 g/mol. The first kappa shape index (κ1) is 21.6. The van der Waals surface area contributed by atoms with E-state index in [9.17, 15) is 9.18 Å². The standard InChI is InChI=1S/C26H32FN3O/c1-5-26(29(3)4,19-9-7-6-8-10-19)15-13-24-25-22(14-16-30(24)18(2)31)21-12-11-20(27)17-23(21)28-25/h6-12,17,24,28H,5,13-16H2,1-4H3. The van der Waals surface area contributed by atoms with Crippen molar-refractivity contribution in [3.05, 3.63) is 71.2 Å². The summed E-state index contributed by atoms with van der Waals surface area (Å²) in [6, 6.07) is 15.5. The smallest absolute Gasteiger partial charge is 0.220 e. The minimum atomic E-state index is -0.243. The molecule has 31 heavy (non-hydrogen) atoms. The van der Waals surface area contributed by atoms with Gasteiger partial charge in [-0.2, -0.15) is 0 Å². The van der Waals surface area contributed by atoms with E-state index in [1.807, 2.05) is 17.0 Å². The lowest BCUT2D eigenvalue weighted by Crippen LogP contribution is -2.43. The molecule has 164 valence electrons. The molecule has 2 aromatic carbocycles. The number of nitrogens with one attached hydrogen (secondary N) is 1. The zero-order valence-corrected chi connectivity index (χ0v) is 18.9. The van der Waals surface area contributed by atoms with Crippen LogP contribution in [0.2, 0.25) is 0 Å². The van der Waals surface area contributed by atoms with Gasteiger partial charge in [0.2, 0.25) is 5.91 Å². The van der Waals surface area contributed by atoms with Gasteiger partial charge in [0.15, 0.2) is 0 Å². The fourth-order valence-electron chi connectivity index (χ4n) is 5.47. The Labute approximate surface area is 184 Å². The molecule has 4 rings (SSSR count). The molecule has 2 atom stereocenters. The van der Waals surface area contributed by atoms with Crippen LogP contribution in [0.15, 0.2) is 48.5 Å². The van der Waals surface area contributed by atoms with E-state index in [0.717, 1.165) is 42.3 Å². The molecule has 1 amide bonds. The van der Waals surface area contributed by atoms with Crippen LogP contribution in [0.4, 0.5) is 4.39 Å². The quantitative estimate of drug-likeness (QED) is 0.579. The second kappa shape index (κ2) is 8.46. The number of H-pyrrole nitrogens is 1. The normalized spacial score (nSPS) is 18.3. The number of amides is 1. The third-order valence-corrected chi connectivity index (χ3v) is 7.20. The summed E-state index contributed by atoms with van der Waals surface area (Å²) in [6.07, 6.45) is 3.52. The lowest BCUT2D eigenvalue weighted by molar-refractivity contribution is -0.132. The van der Waals surface area contributed by atoms with Crippen molar-refractivity contribution < 1.29 is 9.18 Å². The van der Waals surface area contributed by atoms with Crippen molar-refractivity contribution >= 4 is 16.8 Å². The second-order valence-electron chi connectivity index (χ2n) is 8.87. The largest absolute Gasteiger partial charge is 0.356 e. The molecule has 0 radical (unpaired) electrons. The molecule has 1 aromatic heterocycles. The molecule has 0 aliphatic carbocycles.